The van der Waals surface area contributed by atoms with Gasteiger partial charge in [0, 0.05) is 24.7 Å². The highest BCUT2D eigenvalue weighted by Crippen LogP contribution is 2.25. The van der Waals surface area contributed by atoms with Crippen LogP contribution in [-0.2, 0) is 12.8 Å². The molecule has 0 fully saturated rings. The molecule has 1 amide bonds. The average Bonchev–Trinajstić information content (AvgIpc) is 2.73. The maximum absolute atomic E-state index is 12.2. The Kier molecular flexibility index (Phi) is 6.64. The summed E-state index contributed by atoms with van der Waals surface area (Å²) in [5.74, 6) is -0.551. The second kappa shape index (κ2) is 9.19. The largest absolute Gasteiger partial charge is 0.364 e. The number of nitrogens with zero attached hydrogens (tertiary/aromatic N) is 2. The Balaban J connectivity index is 0.00000256. The number of primary amides is 1. The first-order valence-corrected chi connectivity index (χ1v) is 9.76. The Labute approximate surface area is 180 Å². The van der Waals surface area contributed by atoms with E-state index in [1.165, 1.54) is 5.57 Å². The maximum atomic E-state index is 12.2. The zero-order valence-electron chi connectivity index (χ0n) is 16.7. The fourth-order valence-electron chi connectivity index (χ4n) is 3.65. The SMILES string of the molecule is CCc1cc2ncc(Cc3nc(C(N)=O)ccc3C3=CCNCC3)cc2[nH]c1=O.Cl. The topological polar surface area (TPSA) is 114 Å². The van der Waals surface area contributed by atoms with Crippen LogP contribution in [0.25, 0.3) is 16.6 Å². The summed E-state index contributed by atoms with van der Waals surface area (Å²) >= 11 is 0. The molecule has 30 heavy (non-hydrogen) atoms. The molecule has 0 saturated carbocycles. The van der Waals surface area contributed by atoms with Crippen molar-refractivity contribution in [3.05, 3.63) is 75.0 Å². The minimum atomic E-state index is -0.551. The van der Waals surface area contributed by atoms with Gasteiger partial charge in [0.15, 0.2) is 0 Å². The number of rotatable bonds is 5. The van der Waals surface area contributed by atoms with Crippen LogP contribution in [0, 0.1) is 0 Å². The molecular formula is C22H24ClN5O2. The lowest BCUT2D eigenvalue weighted by atomic mass is 9.95. The highest BCUT2D eigenvalue weighted by molar-refractivity contribution is 5.91. The molecule has 1 aliphatic heterocycles. The van der Waals surface area contributed by atoms with E-state index in [0.717, 1.165) is 41.8 Å². The van der Waals surface area contributed by atoms with Gasteiger partial charge in [-0.15, -0.1) is 12.4 Å². The number of aromatic nitrogens is 3. The quantitative estimate of drug-likeness (QED) is 0.580. The van der Waals surface area contributed by atoms with E-state index in [2.05, 4.69) is 26.3 Å². The summed E-state index contributed by atoms with van der Waals surface area (Å²) < 4.78 is 0. The van der Waals surface area contributed by atoms with Gasteiger partial charge in [-0.3, -0.25) is 14.6 Å². The van der Waals surface area contributed by atoms with Crippen LogP contribution in [0.4, 0.5) is 0 Å². The zero-order valence-corrected chi connectivity index (χ0v) is 17.5. The molecule has 0 saturated heterocycles. The predicted octanol–water partition coefficient (Wildman–Crippen LogP) is 2.37. The highest BCUT2D eigenvalue weighted by atomic mass is 35.5. The molecule has 4 heterocycles. The van der Waals surface area contributed by atoms with E-state index in [4.69, 9.17) is 5.73 Å². The lowest BCUT2D eigenvalue weighted by molar-refractivity contribution is 0.0995. The number of H-pyrrole nitrogens is 1. The molecule has 4 N–H and O–H groups in total. The third-order valence-corrected chi connectivity index (χ3v) is 5.21. The van der Waals surface area contributed by atoms with Crippen LogP contribution in [0.15, 0.2) is 41.3 Å². The Hall–Kier alpha value is -3.03. The minimum absolute atomic E-state index is 0. The number of halogens is 1. The molecule has 3 aromatic heterocycles. The lowest BCUT2D eigenvalue weighted by Crippen LogP contribution is -2.21. The van der Waals surface area contributed by atoms with E-state index in [-0.39, 0.29) is 23.7 Å². The van der Waals surface area contributed by atoms with E-state index in [9.17, 15) is 9.59 Å². The Bertz CT molecular complexity index is 1190. The third-order valence-electron chi connectivity index (χ3n) is 5.21. The van der Waals surface area contributed by atoms with Crippen molar-refractivity contribution >= 4 is 34.9 Å². The lowest BCUT2D eigenvalue weighted by Gasteiger charge is -2.17. The van der Waals surface area contributed by atoms with Crippen molar-refractivity contribution in [1.82, 2.24) is 20.3 Å². The Morgan fingerprint density at radius 1 is 1.27 bits per heavy atom. The van der Waals surface area contributed by atoms with Crippen molar-refractivity contribution < 1.29 is 4.79 Å². The monoisotopic (exact) mass is 425 g/mol. The summed E-state index contributed by atoms with van der Waals surface area (Å²) in [5.41, 5.74) is 11.7. The summed E-state index contributed by atoms with van der Waals surface area (Å²) in [5, 5.41) is 3.30. The van der Waals surface area contributed by atoms with Crippen molar-refractivity contribution in [2.24, 2.45) is 5.73 Å². The number of carbonyl (C=O) groups is 1. The van der Waals surface area contributed by atoms with E-state index in [1.54, 1.807) is 12.3 Å². The van der Waals surface area contributed by atoms with Gasteiger partial charge < -0.3 is 16.0 Å². The molecule has 0 unspecified atom stereocenters. The maximum Gasteiger partial charge on any atom is 0.267 e. The summed E-state index contributed by atoms with van der Waals surface area (Å²) in [7, 11) is 0. The number of carbonyl (C=O) groups excluding carboxylic acids is 1. The van der Waals surface area contributed by atoms with Crippen LogP contribution >= 0.6 is 12.4 Å². The number of fused-ring (bicyclic) bond motifs is 1. The van der Waals surface area contributed by atoms with E-state index in [1.807, 2.05) is 25.1 Å². The van der Waals surface area contributed by atoms with Gasteiger partial charge in [-0.1, -0.05) is 19.1 Å². The van der Waals surface area contributed by atoms with Crippen molar-refractivity contribution in [3.8, 4) is 0 Å². The van der Waals surface area contributed by atoms with Gasteiger partial charge in [0.2, 0.25) is 0 Å². The standard InChI is InChI=1S/C22H23N5O2.ClH/c1-2-14-11-19-20(27-22(14)29)10-13(12-25-19)9-18-16(15-5-7-24-8-6-15)3-4-17(26-18)21(23)28;/h3-5,10-12,24H,2,6-9H2,1H3,(H2,23,28)(H,27,29);1H. The molecule has 156 valence electrons. The number of aryl methyl sites for hydroxylation is 1. The van der Waals surface area contributed by atoms with Crippen LogP contribution in [-0.4, -0.2) is 33.9 Å². The molecule has 0 bridgehead atoms. The van der Waals surface area contributed by atoms with Crippen LogP contribution in [0.2, 0.25) is 0 Å². The van der Waals surface area contributed by atoms with Gasteiger partial charge >= 0.3 is 0 Å². The molecule has 0 spiro atoms. The number of nitrogens with two attached hydrogens (primary N) is 1. The first-order chi connectivity index (χ1) is 14.0. The second-order valence-electron chi connectivity index (χ2n) is 7.17. The molecule has 0 aromatic carbocycles. The van der Waals surface area contributed by atoms with Crippen LogP contribution in [0.5, 0.6) is 0 Å². The molecule has 8 heteroatoms. The smallest absolute Gasteiger partial charge is 0.267 e. The normalized spacial score (nSPS) is 13.6. The van der Waals surface area contributed by atoms with E-state index in [0.29, 0.717) is 23.9 Å². The average molecular weight is 426 g/mol. The van der Waals surface area contributed by atoms with E-state index < -0.39 is 5.91 Å². The predicted molar refractivity (Wildman–Crippen MR) is 120 cm³/mol. The third kappa shape index (κ3) is 4.42. The van der Waals surface area contributed by atoms with Crippen molar-refractivity contribution in [2.75, 3.05) is 13.1 Å². The molecule has 7 nitrogen and oxygen atoms in total. The van der Waals surface area contributed by atoms with E-state index >= 15 is 0 Å². The van der Waals surface area contributed by atoms with Gasteiger partial charge in [-0.2, -0.15) is 0 Å². The van der Waals surface area contributed by atoms with Gasteiger partial charge in [0.25, 0.3) is 11.5 Å². The number of aromatic amines is 1. The second-order valence-corrected chi connectivity index (χ2v) is 7.17. The number of nitrogens with one attached hydrogen (secondary N) is 2. The van der Waals surface area contributed by atoms with Crippen molar-refractivity contribution in [3.63, 3.8) is 0 Å². The van der Waals surface area contributed by atoms with Crippen LogP contribution < -0.4 is 16.6 Å². The van der Waals surface area contributed by atoms with Crippen molar-refractivity contribution in [2.45, 2.75) is 26.2 Å². The fourth-order valence-corrected chi connectivity index (χ4v) is 3.65. The first-order valence-electron chi connectivity index (χ1n) is 9.76. The number of amides is 1. The molecule has 0 atom stereocenters. The molecule has 0 radical (unpaired) electrons. The highest BCUT2D eigenvalue weighted by Gasteiger charge is 2.15. The summed E-state index contributed by atoms with van der Waals surface area (Å²) in [6.07, 6.45) is 5.98. The minimum Gasteiger partial charge on any atom is -0.364 e. The number of hydrogen-bond donors (Lipinski definition) is 3. The van der Waals surface area contributed by atoms with Crippen LogP contribution in [0.1, 0.15) is 46.2 Å². The summed E-state index contributed by atoms with van der Waals surface area (Å²) in [6, 6.07) is 7.34. The molecular weight excluding hydrogens is 402 g/mol. The Morgan fingerprint density at radius 2 is 2.10 bits per heavy atom. The van der Waals surface area contributed by atoms with Crippen molar-refractivity contribution in [1.29, 1.82) is 0 Å². The Morgan fingerprint density at radius 3 is 2.80 bits per heavy atom. The fraction of sp³-hybridized carbons (Fsp3) is 0.273. The van der Waals surface area contributed by atoms with Gasteiger partial charge in [0.1, 0.15) is 5.69 Å². The zero-order chi connectivity index (χ0) is 20.4. The number of hydrogen-bond acceptors (Lipinski definition) is 5. The molecule has 0 aliphatic carbocycles. The first kappa shape index (κ1) is 21.7. The molecule has 3 aromatic rings. The molecule has 1 aliphatic rings. The molecule has 4 rings (SSSR count). The van der Waals surface area contributed by atoms with Gasteiger partial charge in [-0.25, -0.2) is 4.98 Å². The van der Waals surface area contributed by atoms with Gasteiger partial charge in [0.05, 0.1) is 16.7 Å². The number of pyridine rings is 3. The summed E-state index contributed by atoms with van der Waals surface area (Å²) in [4.78, 5) is 35.8. The van der Waals surface area contributed by atoms with Crippen LogP contribution in [0.3, 0.4) is 0 Å². The summed E-state index contributed by atoms with van der Waals surface area (Å²) in [6.45, 7) is 3.66. The van der Waals surface area contributed by atoms with Gasteiger partial charge in [-0.05, 0) is 54.3 Å².